The van der Waals surface area contributed by atoms with Crippen molar-refractivity contribution >= 4 is 82.3 Å². The number of para-hydroxylation sites is 1. The number of rotatable bonds is 6. The molecule has 9 heteroatoms. The first kappa shape index (κ1) is 27.6. The minimum Gasteiger partial charge on any atom is -0.486 e. The smallest absolute Gasteiger partial charge is 0.282 e. The van der Waals surface area contributed by atoms with Crippen LogP contribution in [0, 0.1) is 0 Å². The highest BCUT2D eigenvalue weighted by molar-refractivity contribution is 9.10. The van der Waals surface area contributed by atoms with Gasteiger partial charge in [0.25, 0.3) is 5.56 Å². The third-order valence-electron chi connectivity index (χ3n) is 7.05. The van der Waals surface area contributed by atoms with Gasteiger partial charge in [0.2, 0.25) is 5.82 Å². The molecule has 0 spiro atoms. The summed E-state index contributed by atoms with van der Waals surface area (Å²) < 4.78 is 15.1. The van der Waals surface area contributed by atoms with E-state index >= 15 is 0 Å². The number of aromatic nitrogens is 2. The number of hydrogen-bond acceptors (Lipinski definition) is 5. The molecule has 0 N–H and O–H groups in total. The molecular weight excluding hydrogens is 694 g/mol. The normalized spacial score (nSPS) is 11.7. The maximum atomic E-state index is 13.6. The SMILES string of the molecule is O=c1c2ccccc2nc(-c2cc3cc(Br)ccc3o2)n1N=Cc1cc(Cl)c(OCc2cccc3ccccc23)c(Br)c1. The predicted octanol–water partition coefficient (Wildman–Crippen LogP) is 9.60. The fourth-order valence-electron chi connectivity index (χ4n) is 5.00. The molecule has 7 rings (SSSR count). The number of halogens is 3. The molecule has 5 aromatic carbocycles. The highest BCUT2D eigenvalue weighted by atomic mass is 79.9. The zero-order chi connectivity index (χ0) is 29.5. The van der Waals surface area contributed by atoms with Crippen molar-refractivity contribution in [3.8, 4) is 17.3 Å². The molecule has 2 heterocycles. The van der Waals surface area contributed by atoms with Crippen LogP contribution >= 0.6 is 43.5 Å². The quantitative estimate of drug-likeness (QED) is 0.161. The Morgan fingerprint density at radius 3 is 2.53 bits per heavy atom. The summed E-state index contributed by atoms with van der Waals surface area (Å²) in [6, 6.07) is 32.6. The molecule has 43 heavy (non-hydrogen) atoms. The van der Waals surface area contributed by atoms with Crippen LogP contribution in [-0.2, 0) is 6.61 Å². The Kier molecular flexibility index (Phi) is 7.34. The molecule has 0 aliphatic rings. The molecule has 0 saturated carbocycles. The second kappa shape index (κ2) is 11.4. The second-order valence-electron chi connectivity index (χ2n) is 9.85. The van der Waals surface area contributed by atoms with Gasteiger partial charge in [0.05, 0.1) is 26.6 Å². The molecule has 0 atom stereocenters. The fraction of sp³-hybridized carbons (Fsp3) is 0.0294. The number of benzene rings is 5. The van der Waals surface area contributed by atoms with Gasteiger partial charge in [-0.15, -0.1) is 0 Å². The van der Waals surface area contributed by atoms with Crippen LogP contribution in [0.25, 0.3) is 44.2 Å². The average molecular weight is 714 g/mol. The molecule has 0 radical (unpaired) electrons. The Hall–Kier alpha value is -4.24. The van der Waals surface area contributed by atoms with Crippen LogP contribution in [0.5, 0.6) is 5.75 Å². The monoisotopic (exact) mass is 711 g/mol. The topological polar surface area (TPSA) is 69.6 Å². The predicted molar refractivity (Wildman–Crippen MR) is 179 cm³/mol. The summed E-state index contributed by atoms with van der Waals surface area (Å²) in [5.41, 5.74) is 2.62. The molecule has 0 unspecified atom stereocenters. The first-order chi connectivity index (χ1) is 20.9. The second-order valence-corrected chi connectivity index (χ2v) is 12.0. The van der Waals surface area contributed by atoms with E-state index in [1.807, 2.05) is 60.7 Å². The van der Waals surface area contributed by atoms with E-state index in [1.165, 1.54) is 4.68 Å². The van der Waals surface area contributed by atoms with E-state index in [0.717, 1.165) is 26.2 Å². The lowest BCUT2D eigenvalue weighted by atomic mass is 10.1. The zero-order valence-electron chi connectivity index (χ0n) is 22.3. The minimum absolute atomic E-state index is 0.285. The summed E-state index contributed by atoms with van der Waals surface area (Å²) in [7, 11) is 0. The summed E-state index contributed by atoms with van der Waals surface area (Å²) in [4.78, 5) is 18.4. The molecule has 0 bridgehead atoms. The minimum atomic E-state index is -0.321. The van der Waals surface area contributed by atoms with Crippen molar-refractivity contribution in [1.82, 2.24) is 9.66 Å². The first-order valence-corrected chi connectivity index (χ1v) is 15.2. The van der Waals surface area contributed by atoms with E-state index in [-0.39, 0.29) is 11.4 Å². The third-order valence-corrected chi connectivity index (χ3v) is 8.41. The van der Waals surface area contributed by atoms with Gasteiger partial charge in [-0.3, -0.25) is 4.79 Å². The standard InChI is InChI=1S/C34H20Br2ClN3O3/c35-24-12-13-30-23(16-24)17-31(43-30)33-39-29-11-4-3-10-26(29)34(41)40(33)38-18-20-14-27(36)32(28(37)15-20)42-19-22-8-5-7-21-6-1-2-9-25(21)22/h1-18H,19H2. The van der Waals surface area contributed by atoms with Crippen LogP contribution in [0.4, 0.5) is 0 Å². The van der Waals surface area contributed by atoms with Gasteiger partial charge in [-0.25, -0.2) is 4.98 Å². The van der Waals surface area contributed by atoms with E-state index in [1.54, 1.807) is 30.5 Å². The van der Waals surface area contributed by atoms with Crippen molar-refractivity contribution < 1.29 is 9.15 Å². The lowest BCUT2D eigenvalue weighted by Gasteiger charge is -2.13. The highest BCUT2D eigenvalue weighted by Gasteiger charge is 2.17. The van der Waals surface area contributed by atoms with Gasteiger partial charge >= 0.3 is 0 Å². The summed E-state index contributed by atoms with van der Waals surface area (Å²) in [6.45, 7) is 0.350. The largest absolute Gasteiger partial charge is 0.486 e. The Labute approximate surface area is 267 Å². The molecule has 7 aromatic rings. The first-order valence-electron chi connectivity index (χ1n) is 13.3. The Balaban J connectivity index is 1.24. The van der Waals surface area contributed by atoms with Gasteiger partial charge in [-0.1, -0.05) is 82.1 Å². The lowest BCUT2D eigenvalue weighted by Crippen LogP contribution is -2.20. The van der Waals surface area contributed by atoms with Gasteiger partial charge in [-0.05, 0) is 86.4 Å². The molecule has 2 aromatic heterocycles. The van der Waals surface area contributed by atoms with E-state index in [0.29, 0.717) is 49.7 Å². The molecular formula is C34H20Br2ClN3O3. The molecule has 210 valence electrons. The lowest BCUT2D eigenvalue weighted by molar-refractivity contribution is 0.306. The van der Waals surface area contributed by atoms with Gasteiger partial charge in [0, 0.05) is 9.86 Å². The van der Waals surface area contributed by atoms with Crippen molar-refractivity contribution in [2.24, 2.45) is 5.10 Å². The van der Waals surface area contributed by atoms with Crippen molar-refractivity contribution in [1.29, 1.82) is 0 Å². The summed E-state index contributed by atoms with van der Waals surface area (Å²) >= 11 is 13.8. The summed E-state index contributed by atoms with van der Waals surface area (Å²) in [5.74, 6) is 1.22. The van der Waals surface area contributed by atoms with Crippen LogP contribution < -0.4 is 10.3 Å². The molecule has 0 aliphatic heterocycles. The van der Waals surface area contributed by atoms with Crippen LogP contribution in [-0.4, -0.2) is 15.9 Å². The van der Waals surface area contributed by atoms with E-state index in [9.17, 15) is 4.79 Å². The molecule has 0 saturated heterocycles. The van der Waals surface area contributed by atoms with E-state index in [4.69, 9.17) is 25.7 Å². The number of furan rings is 1. The Morgan fingerprint density at radius 1 is 0.884 bits per heavy atom. The highest BCUT2D eigenvalue weighted by Crippen LogP contribution is 2.35. The van der Waals surface area contributed by atoms with Crippen LogP contribution in [0.2, 0.25) is 5.02 Å². The van der Waals surface area contributed by atoms with Gasteiger partial charge in [0.1, 0.15) is 12.2 Å². The number of hydrogen-bond donors (Lipinski definition) is 0. The van der Waals surface area contributed by atoms with E-state index < -0.39 is 0 Å². The van der Waals surface area contributed by atoms with Crippen LogP contribution in [0.1, 0.15) is 11.1 Å². The molecule has 0 amide bonds. The van der Waals surface area contributed by atoms with Gasteiger partial charge in [0.15, 0.2) is 11.5 Å². The van der Waals surface area contributed by atoms with E-state index in [2.05, 4.69) is 55.2 Å². The van der Waals surface area contributed by atoms with Crippen LogP contribution in [0.3, 0.4) is 0 Å². The molecule has 0 aliphatic carbocycles. The number of ether oxygens (including phenoxy) is 1. The zero-order valence-corrected chi connectivity index (χ0v) is 26.2. The Morgan fingerprint density at radius 2 is 1.67 bits per heavy atom. The molecule has 6 nitrogen and oxygen atoms in total. The van der Waals surface area contributed by atoms with Gasteiger partial charge < -0.3 is 9.15 Å². The van der Waals surface area contributed by atoms with Crippen molar-refractivity contribution in [3.05, 3.63) is 139 Å². The fourth-order valence-corrected chi connectivity index (χ4v) is 6.37. The van der Waals surface area contributed by atoms with Crippen LogP contribution in [0.15, 0.2) is 126 Å². The number of nitrogens with zero attached hydrogens (tertiary/aromatic N) is 3. The average Bonchev–Trinajstić information content (AvgIpc) is 3.43. The van der Waals surface area contributed by atoms with Crippen molar-refractivity contribution in [2.45, 2.75) is 6.61 Å². The maximum absolute atomic E-state index is 13.6. The molecule has 0 fully saturated rings. The summed E-state index contributed by atoms with van der Waals surface area (Å²) in [6.07, 6.45) is 1.56. The number of fused-ring (bicyclic) bond motifs is 3. The van der Waals surface area contributed by atoms with Crippen molar-refractivity contribution in [3.63, 3.8) is 0 Å². The Bertz CT molecular complexity index is 2250. The summed E-state index contributed by atoms with van der Waals surface area (Å²) in [5, 5.41) is 8.55. The van der Waals surface area contributed by atoms with Crippen molar-refractivity contribution in [2.75, 3.05) is 0 Å². The van der Waals surface area contributed by atoms with Gasteiger partial charge in [-0.2, -0.15) is 9.78 Å². The maximum Gasteiger partial charge on any atom is 0.282 e. The third kappa shape index (κ3) is 5.38.